The molecule has 1 N–H and O–H groups in total. The molecule has 0 atom stereocenters. The van der Waals surface area contributed by atoms with Gasteiger partial charge in [-0.25, -0.2) is 0 Å². The Labute approximate surface area is 129 Å². The molecule has 0 fully saturated rings. The van der Waals surface area contributed by atoms with Crippen LogP contribution < -0.4 is 10.1 Å². The minimum absolute atomic E-state index is 0.00621. The van der Waals surface area contributed by atoms with Gasteiger partial charge in [-0.05, 0) is 42.7 Å². The molecule has 4 heteroatoms. The van der Waals surface area contributed by atoms with Crippen molar-refractivity contribution >= 4 is 17.5 Å². The molecule has 110 valence electrons. The number of rotatable bonds is 5. The van der Waals surface area contributed by atoms with Crippen molar-refractivity contribution in [3.05, 3.63) is 64.2 Å². The molecule has 2 rings (SSSR count). The van der Waals surface area contributed by atoms with Crippen LogP contribution in [0.4, 0.5) is 0 Å². The molecule has 0 aliphatic carbocycles. The molecular weight excluding hydrogens is 286 g/mol. The van der Waals surface area contributed by atoms with Crippen LogP contribution in [-0.2, 0) is 11.3 Å². The average molecular weight is 304 g/mol. The first kappa shape index (κ1) is 15.4. The molecule has 2 aromatic rings. The molecule has 0 aliphatic heterocycles. The molecule has 3 nitrogen and oxygen atoms in total. The minimum atomic E-state index is -0.155. The molecular formula is C17H18ClNO2. The fraction of sp³-hybridized carbons (Fsp3) is 0.235. The summed E-state index contributed by atoms with van der Waals surface area (Å²) in [7, 11) is 0. The van der Waals surface area contributed by atoms with Gasteiger partial charge >= 0.3 is 0 Å². The van der Waals surface area contributed by atoms with E-state index < -0.39 is 0 Å². The Hall–Kier alpha value is -2.00. The quantitative estimate of drug-likeness (QED) is 0.915. The maximum absolute atomic E-state index is 11.8. The Kier molecular flexibility index (Phi) is 5.23. The van der Waals surface area contributed by atoms with Crippen LogP contribution in [0.25, 0.3) is 0 Å². The Balaban J connectivity index is 1.85. The van der Waals surface area contributed by atoms with Gasteiger partial charge in [0.2, 0.25) is 0 Å². The number of halogens is 1. The van der Waals surface area contributed by atoms with Crippen molar-refractivity contribution < 1.29 is 9.53 Å². The summed E-state index contributed by atoms with van der Waals surface area (Å²) in [5, 5.41) is 3.47. The van der Waals surface area contributed by atoms with E-state index in [4.69, 9.17) is 16.3 Å². The Bertz CT molecular complexity index is 620. The standard InChI is InChI=1S/C17H18ClNO2/c1-12-5-3-6-13(2)17(12)21-11-16(20)19-10-14-7-4-8-15(18)9-14/h3-9H,10-11H2,1-2H3,(H,19,20). The number of amides is 1. The normalized spacial score (nSPS) is 10.2. The van der Waals surface area contributed by atoms with E-state index in [1.807, 2.05) is 50.2 Å². The van der Waals surface area contributed by atoms with Crippen LogP contribution in [0.15, 0.2) is 42.5 Å². The van der Waals surface area contributed by atoms with Crippen LogP contribution in [0, 0.1) is 13.8 Å². The molecule has 0 radical (unpaired) electrons. The lowest BCUT2D eigenvalue weighted by atomic mass is 10.1. The maximum Gasteiger partial charge on any atom is 0.258 e. The van der Waals surface area contributed by atoms with Gasteiger partial charge in [0, 0.05) is 11.6 Å². The maximum atomic E-state index is 11.8. The van der Waals surface area contributed by atoms with Crippen LogP contribution in [0.3, 0.4) is 0 Å². The van der Waals surface area contributed by atoms with Crippen LogP contribution in [0.5, 0.6) is 5.75 Å². The number of nitrogens with one attached hydrogen (secondary N) is 1. The second-order valence-electron chi connectivity index (χ2n) is 4.92. The van der Waals surface area contributed by atoms with Crippen molar-refractivity contribution in [1.82, 2.24) is 5.32 Å². The first-order valence-electron chi connectivity index (χ1n) is 6.76. The number of hydrogen-bond donors (Lipinski definition) is 1. The smallest absolute Gasteiger partial charge is 0.258 e. The van der Waals surface area contributed by atoms with Crippen molar-refractivity contribution in [2.75, 3.05) is 6.61 Å². The summed E-state index contributed by atoms with van der Waals surface area (Å²) in [4.78, 5) is 11.8. The lowest BCUT2D eigenvalue weighted by molar-refractivity contribution is -0.123. The van der Waals surface area contributed by atoms with Gasteiger partial charge in [-0.15, -0.1) is 0 Å². The molecule has 2 aromatic carbocycles. The van der Waals surface area contributed by atoms with E-state index in [-0.39, 0.29) is 12.5 Å². The fourth-order valence-corrected chi connectivity index (χ4v) is 2.28. The fourth-order valence-electron chi connectivity index (χ4n) is 2.06. The molecule has 0 saturated carbocycles. The third-order valence-corrected chi connectivity index (χ3v) is 3.37. The zero-order valence-corrected chi connectivity index (χ0v) is 12.9. The van der Waals surface area contributed by atoms with Gasteiger partial charge in [0.25, 0.3) is 5.91 Å². The minimum Gasteiger partial charge on any atom is -0.483 e. The first-order chi connectivity index (χ1) is 10.1. The highest BCUT2D eigenvalue weighted by Gasteiger charge is 2.07. The predicted octanol–water partition coefficient (Wildman–Crippen LogP) is 3.65. The van der Waals surface area contributed by atoms with Gasteiger partial charge in [0.1, 0.15) is 5.75 Å². The average Bonchev–Trinajstić information content (AvgIpc) is 2.45. The molecule has 0 spiro atoms. The lowest BCUT2D eigenvalue weighted by Crippen LogP contribution is -2.28. The number of carbonyl (C=O) groups excluding carboxylic acids is 1. The van der Waals surface area contributed by atoms with E-state index >= 15 is 0 Å². The highest BCUT2D eigenvalue weighted by atomic mass is 35.5. The van der Waals surface area contributed by atoms with E-state index in [2.05, 4.69) is 5.32 Å². The van der Waals surface area contributed by atoms with Gasteiger partial charge in [-0.1, -0.05) is 41.9 Å². The van der Waals surface area contributed by atoms with Crippen LogP contribution in [0.1, 0.15) is 16.7 Å². The van der Waals surface area contributed by atoms with Gasteiger partial charge in [0.15, 0.2) is 6.61 Å². The molecule has 1 amide bonds. The summed E-state index contributed by atoms with van der Waals surface area (Å²) in [6.07, 6.45) is 0. The molecule has 0 aliphatic rings. The molecule has 0 unspecified atom stereocenters. The van der Waals surface area contributed by atoms with E-state index in [9.17, 15) is 4.79 Å². The summed E-state index contributed by atoms with van der Waals surface area (Å²) >= 11 is 5.90. The number of hydrogen-bond acceptors (Lipinski definition) is 2. The number of ether oxygens (including phenoxy) is 1. The van der Waals surface area contributed by atoms with Crippen molar-refractivity contribution in [3.63, 3.8) is 0 Å². The SMILES string of the molecule is Cc1cccc(C)c1OCC(=O)NCc1cccc(Cl)c1. The molecule has 0 saturated heterocycles. The van der Waals surface area contributed by atoms with Crippen molar-refractivity contribution in [2.45, 2.75) is 20.4 Å². The highest BCUT2D eigenvalue weighted by Crippen LogP contribution is 2.22. The molecule has 21 heavy (non-hydrogen) atoms. The van der Waals surface area contributed by atoms with Crippen molar-refractivity contribution in [2.24, 2.45) is 0 Å². The first-order valence-corrected chi connectivity index (χ1v) is 7.14. The van der Waals surface area contributed by atoms with Crippen molar-refractivity contribution in [1.29, 1.82) is 0 Å². The van der Waals surface area contributed by atoms with Gasteiger partial charge < -0.3 is 10.1 Å². The third kappa shape index (κ3) is 4.50. The number of aryl methyl sites for hydroxylation is 2. The third-order valence-electron chi connectivity index (χ3n) is 3.14. The summed E-state index contributed by atoms with van der Waals surface area (Å²) in [5.41, 5.74) is 3.01. The van der Waals surface area contributed by atoms with Crippen molar-refractivity contribution in [3.8, 4) is 5.75 Å². The lowest BCUT2D eigenvalue weighted by Gasteiger charge is -2.12. The van der Waals surface area contributed by atoms with Gasteiger partial charge in [0.05, 0.1) is 0 Å². The van der Waals surface area contributed by atoms with E-state index in [0.29, 0.717) is 11.6 Å². The van der Waals surface area contributed by atoms with E-state index in [1.165, 1.54) is 0 Å². The van der Waals surface area contributed by atoms with Gasteiger partial charge in [-0.2, -0.15) is 0 Å². The summed E-state index contributed by atoms with van der Waals surface area (Å²) in [6.45, 7) is 4.38. The van der Waals surface area contributed by atoms with Gasteiger partial charge in [-0.3, -0.25) is 4.79 Å². The van der Waals surface area contributed by atoms with E-state index in [1.54, 1.807) is 6.07 Å². The summed E-state index contributed by atoms with van der Waals surface area (Å²) in [5.74, 6) is 0.619. The largest absolute Gasteiger partial charge is 0.483 e. The zero-order valence-electron chi connectivity index (χ0n) is 12.2. The van der Waals surface area contributed by atoms with E-state index in [0.717, 1.165) is 22.4 Å². The number of carbonyl (C=O) groups is 1. The number of para-hydroxylation sites is 1. The molecule has 0 bridgehead atoms. The van der Waals surface area contributed by atoms with Crippen LogP contribution in [-0.4, -0.2) is 12.5 Å². The zero-order chi connectivity index (χ0) is 15.2. The second-order valence-corrected chi connectivity index (χ2v) is 5.35. The Morgan fingerprint density at radius 2 is 1.81 bits per heavy atom. The predicted molar refractivity (Wildman–Crippen MR) is 84.7 cm³/mol. The van der Waals surface area contributed by atoms with Crippen LogP contribution in [0.2, 0.25) is 5.02 Å². The van der Waals surface area contributed by atoms with Crippen LogP contribution >= 0.6 is 11.6 Å². The topological polar surface area (TPSA) is 38.3 Å². The number of benzene rings is 2. The Morgan fingerprint density at radius 3 is 2.48 bits per heavy atom. The monoisotopic (exact) mass is 303 g/mol. The highest BCUT2D eigenvalue weighted by molar-refractivity contribution is 6.30. The summed E-state index contributed by atoms with van der Waals surface area (Å²) < 4.78 is 5.60. The molecule has 0 aromatic heterocycles. The Morgan fingerprint density at radius 1 is 1.14 bits per heavy atom. The second kappa shape index (κ2) is 7.14. The summed E-state index contributed by atoms with van der Waals surface area (Å²) in [6, 6.07) is 13.3. The molecule has 0 heterocycles.